The van der Waals surface area contributed by atoms with E-state index in [1.807, 2.05) is 91.9 Å². The summed E-state index contributed by atoms with van der Waals surface area (Å²) in [5.74, 6) is 1.27. The summed E-state index contributed by atoms with van der Waals surface area (Å²) in [6.45, 7) is 4.37. The minimum Gasteiger partial charge on any atom is -0.490 e. The van der Waals surface area contributed by atoms with Crippen molar-refractivity contribution >= 4 is 22.4 Å². The van der Waals surface area contributed by atoms with Gasteiger partial charge < -0.3 is 14.8 Å². The van der Waals surface area contributed by atoms with Crippen LogP contribution in [0, 0.1) is 0 Å². The zero-order chi connectivity index (χ0) is 26.9. The van der Waals surface area contributed by atoms with Gasteiger partial charge in [-0.25, -0.2) is 9.36 Å². The van der Waals surface area contributed by atoms with Crippen molar-refractivity contribution in [2.75, 3.05) is 11.9 Å². The summed E-state index contributed by atoms with van der Waals surface area (Å²) in [4.78, 5) is 27.3. The van der Waals surface area contributed by atoms with Crippen molar-refractivity contribution in [1.82, 2.24) is 9.36 Å². The second kappa shape index (κ2) is 10.2. The zero-order valence-electron chi connectivity index (χ0n) is 21.9. The Morgan fingerprint density at radius 2 is 1.72 bits per heavy atom. The van der Waals surface area contributed by atoms with Gasteiger partial charge in [-0.15, -0.1) is 0 Å². The molecule has 1 N–H and O–H groups in total. The highest BCUT2D eigenvalue weighted by molar-refractivity contribution is 6.02. The molecule has 0 spiro atoms. The predicted octanol–water partition coefficient (Wildman–Crippen LogP) is 6.09. The van der Waals surface area contributed by atoms with E-state index < -0.39 is 0 Å². The van der Waals surface area contributed by atoms with Crippen molar-refractivity contribution in [3.05, 3.63) is 112 Å². The molecule has 5 aromatic rings. The van der Waals surface area contributed by atoms with Crippen molar-refractivity contribution in [3.63, 3.8) is 0 Å². The van der Waals surface area contributed by atoms with E-state index in [1.165, 1.54) is 0 Å². The molecule has 6 rings (SSSR count). The van der Waals surface area contributed by atoms with Crippen LogP contribution in [0.3, 0.4) is 0 Å². The smallest absolute Gasteiger partial charge is 0.278 e. The first-order valence-electron chi connectivity index (χ1n) is 13.2. The molecule has 0 saturated heterocycles. The molecule has 0 atom stereocenters. The Labute approximate surface area is 226 Å². The second-order valence-corrected chi connectivity index (χ2v) is 9.51. The number of ether oxygens (including phenoxy) is 2. The second-order valence-electron chi connectivity index (χ2n) is 9.51. The lowest BCUT2D eigenvalue weighted by molar-refractivity contribution is -0.117. The van der Waals surface area contributed by atoms with Gasteiger partial charge in [0.1, 0.15) is 6.54 Å². The van der Waals surface area contributed by atoms with E-state index in [2.05, 4.69) is 12.2 Å². The summed E-state index contributed by atoms with van der Waals surface area (Å²) in [5.41, 5.74) is 3.71. The Balaban J connectivity index is 1.43. The Hall–Kier alpha value is -4.78. The van der Waals surface area contributed by atoms with Gasteiger partial charge in [0.2, 0.25) is 11.8 Å². The van der Waals surface area contributed by atoms with E-state index in [9.17, 15) is 9.59 Å². The molecule has 2 heterocycles. The summed E-state index contributed by atoms with van der Waals surface area (Å²) < 4.78 is 15.4. The minimum absolute atomic E-state index is 0.116. The molecule has 39 heavy (non-hydrogen) atoms. The number of para-hydroxylation sites is 1. The van der Waals surface area contributed by atoms with Crippen LogP contribution in [0.2, 0.25) is 0 Å². The number of aromatic nitrogens is 2. The van der Waals surface area contributed by atoms with Crippen LogP contribution in [0.1, 0.15) is 30.5 Å². The molecule has 4 aromatic carbocycles. The van der Waals surface area contributed by atoms with Gasteiger partial charge in [0.05, 0.1) is 17.9 Å². The predicted molar refractivity (Wildman–Crippen MR) is 152 cm³/mol. The fraction of sp³-hybridized carbons (Fsp3) is 0.188. The number of carbonyl (C=O) groups is 1. The molecule has 1 amide bonds. The molecule has 0 aliphatic carbocycles. The van der Waals surface area contributed by atoms with Gasteiger partial charge in [0.15, 0.2) is 11.5 Å². The number of amides is 1. The molecule has 7 heteroatoms. The third-order valence-corrected chi connectivity index (χ3v) is 7.06. The van der Waals surface area contributed by atoms with Crippen molar-refractivity contribution in [2.24, 2.45) is 0 Å². The summed E-state index contributed by atoms with van der Waals surface area (Å²) >= 11 is 0. The van der Waals surface area contributed by atoms with Crippen molar-refractivity contribution < 1.29 is 14.3 Å². The van der Waals surface area contributed by atoms with E-state index >= 15 is 0 Å². The molecule has 0 fully saturated rings. The van der Waals surface area contributed by atoms with E-state index in [-0.39, 0.29) is 18.0 Å². The summed E-state index contributed by atoms with van der Waals surface area (Å²) in [6, 6.07) is 27.2. The summed E-state index contributed by atoms with van der Waals surface area (Å²) in [6.07, 6.45) is 1.27. The van der Waals surface area contributed by atoms with Gasteiger partial charge in [-0.1, -0.05) is 67.6 Å². The molecule has 1 aliphatic heterocycles. The van der Waals surface area contributed by atoms with Gasteiger partial charge in [0.25, 0.3) is 5.56 Å². The first-order chi connectivity index (χ1) is 19.1. The number of benzene rings is 4. The SMILES string of the molecule is CCOc1cccc2c1Oc1c(c(=O)n(-c3ccc(CC)cc3)n1CC(=O)Nc1cccc3ccccc13)C2. The number of hydrogen-bond acceptors (Lipinski definition) is 4. The maximum Gasteiger partial charge on any atom is 0.278 e. The number of rotatable bonds is 7. The highest BCUT2D eigenvalue weighted by Gasteiger charge is 2.31. The summed E-state index contributed by atoms with van der Waals surface area (Å²) in [7, 11) is 0. The third kappa shape index (κ3) is 4.46. The van der Waals surface area contributed by atoms with Crippen LogP contribution in [0.25, 0.3) is 16.5 Å². The zero-order valence-corrected chi connectivity index (χ0v) is 21.9. The number of nitrogens with one attached hydrogen (secondary N) is 1. The minimum atomic E-state index is -0.268. The van der Waals surface area contributed by atoms with Gasteiger partial charge in [-0.05, 0) is 48.6 Å². The number of nitrogens with zero attached hydrogens (tertiary/aromatic N) is 2. The van der Waals surface area contributed by atoms with E-state index in [0.717, 1.165) is 28.3 Å². The van der Waals surface area contributed by atoms with Gasteiger partial charge in [-0.3, -0.25) is 9.59 Å². The lowest BCUT2D eigenvalue weighted by Gasteiger charge is -2.21. The standard InChI is InChI=1S/C32H29N3O4/c1-3-21-15-17-24(18-16-21)35-31(37)26-19-23-11-8-14-28(38-4-2)30(23)39-32(26)34(35)20-29(36)33-27-13-7-10-22-9-5-6-12-25(22)27/h5-18H,3-4,19-20H2,1-2H3,(H,33,36). The molecule has 7 nitrogen and oxygen atoms in total. The van der Waals surface area contributed by atoms with Gasteiger partial charge >= 0.3 is 0 Å². The highest BCUT2D eigenvalue weighted by Crippen LogP contribution is 2.42. The largest absolute Gasteiger partial charge is 0.490 e. The van der Waals surface area contributed by atoms with Gasteiger partial charge in [-0.2, -0.15) is 0 Å². The Bertz CT molecular complexity index is 1740. The average Bonchev–Trinajstić information content (AvgIpc) is 3.22. The summed E-state index contributed by atoms with van der Waals surface area (Å²) in [5, 5.41) is 5.02. The molecular formula is C32H29N3O4. The number of anilines is 1. The molecule has 1 aliphatic rings. The van der Waals surface area contributed by atoms with Crippen LogP contribution in [0.15, 0.2) is 89.7 Å². The Morgan fingerprint density at radius 1 is 0.949 bits per heavy atom. The van der Waals surface area contributed by atoms with Crippen molar-refractivity contribution in [1.29, 1.82) is 0 Å². The van der Waals surface area contributed by atoms with Crippen LogP contribution in [-0.4, -0.2) is 21.9 Å². The van der Waals surface area contributed by atoms with Crippen LogP contribution >= 0.6 is 0 Å². The van der Waals surface area contributed by atoms with Crippen LogP contribution in [0.4, 0.5) is 5.69 Å². The van der Waals surface area contributed by atoms with Crippen molar-refractivity contribution in [3.8, 4) is 23.1 Å². The van der Waals surface area contributed by atoms with Gasteiger partial charge in [0, 0.05) is 23.1 Å². The first-order valence-corrected chi connectivity index (χ1v) is 13.2. The molecule has 0 bridgehead atoms. The Morgan fingerprint density at radius 3 is 2.51 bits per heavy atom. The molecule has 0 unspecified atom stereocenters. The van der Waals surface area contributed by atoms with Crippen LogP contribution in [0.5, 0.6) is 17.4 Å². The molecule has 196 valence electrons. The number of aryl methyl sites for hydroxylation is 1. The fourth-order valence-corrected chi connectivity index (χ4v) is 5.15. The normalized spacial score (nSPS) is 11.9. The quantitative estimate of drug-likeness (QED) is 0.277. The fourth-order valence-electron chi connectivity index (χ4n) is 5.15. The molecule has 0 radical (unpaired) electrons. The topological polar surface area (TPSA) is 74.5 Å². The molecule has 0 saturated carbocycles. The third-order valence-electron chi connectivity index (χ3n) is 7.06. The number of carbonyl (C=O) groups excluding carboxylic acids is 1. The monoisotopic (exact) mass is 519 g/mol. The van der Waals surface area contributed by atoms with E-state index in [4.69, 9.17) is 9.47 Å². The lowest BCUT2D eigenvalue weighted by Crippen LogP contribution is -2.27. The highest BCUT2D eigenvalue weighted by atomic mass is 16.5. The Kier molecular flexibility index (Phi) is 6.40. The first kappa shape index (κ1) is 24.6. The van der Waals surface area contributed by atoms with Crippen LogP contribution in [-0.2, 0) is 24.2 Å². The van der Waals surface area contributed by atoms with E-state index in [1.54, 1.807) is 9.36 Å². The molecule has 1 aromatic heterocycles. The average molecular weight is 520 g/mol. The van der Waals surface area contributed by atoms with Crippen molar-refractivity contribution in [2.45, 2.75) is 33.2 Å². The maximum absolute atomic E-state index is 13.8. The molecular weight excluding hydrogens is 490 g/mol. The lowest BCUT2D eigenvalue weighted by atomic mass is 10.0. The maximum atomic E-state index is 13.8. The number of fused-ring (bicyclic) bond motifs is 3. The number of hydrogen-bond donors (Lipinski definition) is 1. The van der Waals surface area contributed by atoms with E-state index in [0.29, 0.717) is 47.3 Å². The van der Waals surface area contributed by atoms with Crippen LogP contribution < -0.4 is 20.3 Å².